The number of anilines is 1. The Balaban J connectivity index is 2.53. The van der Waals surface area contributed by atoms with Crippen molar-refractivity contribution >= 4 is 17.3 Å². The molecule has 21 heavy (non-hydrogen) atoms. The van der Waals surface area contributed by atoms with E-state index >= 15 is 0 Å². The summed E-state index contributed by atoms with van der Waals surface area (Å²) in [5.41, 5.74) is 0.303. The number of rotatable bonds is 10. The first-order valence-electron chi connectivity index (χ1n) is 7.34. The minimum absolute atomic E-state index is 0.184. The molecule has 0 aliphatic carbocycles. The molecule has 1 aromatic heterocycles. The fourth-order valence-electron chi connectivity index (χ4n) is 1.99. The number of hydrogen-bond acceptors (Lipinski definition) is 5. The van der Waals surface area contributed by atoms with E-state index in [1.54, 1.807) is 13.3 Å². The minimum atomic E-state index is -0.289. The van der Waals surface area contributed by atoms with E-state index in [2.05, 4.69) is 29.2 Å². The van der Waals surface area contributed by atoms with E-state index in [1.165, 1.54) is 4.68 Å². The fraction of sp³-hybridized carbons (Fsp3) is 0.714. The second-order valence-electron chi connectivity index (χ2n) is 4.70. The third-order valence-corrected chi connectivity index (χ3v) is 3.72. The molecular formula is C14H25ClN4O2. The van der Waals surface area contributed by atoms with Crippen molar-refractivity contribution in [3.63, 3.8) is 0 Å². The molecule has 0 radical (unpaired) electrons. The van der Waals surface area contributed by atoms with Crippen LogP contribution in [-0.4, -0.2) is 54.6 Å². The molecule has 0 bridgehead atoms. The summed E-state index contributed by atoms with van der Waals surface area (Å²) in [5, 5.41) is 7.45. The largest absolute Gasteiger partial charge is 0.383 e. The molecule has 0 fully saturated rings. The molecule has 0 saturated heterocycles. The summed E-state index contributed by atoms with van der Waals surface area (Å²) < 4.78 is 6.24. The number of nitrogens with zero attached hydrogens (tertiary/aromatic N) is 3. The molecule has 120 valence electrons. The van der Waals surface area contributed by atoms with Crippen molar-refractivity contribution < 1.29 is 4.74 Å². The maximum atomic E-state index is 12.0. The molecular weight excluding hydrogens is 292 g/mol. The number of aromatic nitrogens is 2. The minimum Gasteiger partial charge on any atom is -0.383 e. The summed E-state index contributed by atoms with van der Waals surface area (Å²) in [7, 11) is 1.58. The number of methoxy groups -OCH3 is 1. The van der Waals surface area contributed by atoms with Gasteiger partial charge in [-0.25, -0.2) is 4.68 Å². The highest BCUT2D eigenvalue weighted by molar-refractivity contribution is 6.32. The van der Waals surface area contributed by atoms with E-state index in [4.69, 9.17) is 16.3 Å². The number of hydrogen-bond donors (Lipinski definition) is 1. The summed E-state index contributed by atoms with van der Waals surface area (Å²) in [5.74, 6) is 0. The highest BCUT2D eigenvalue weighted by Gasteiger charge is 2.08. The number of ether oxygens (including phenoxy) is 1. The van der Waals surface area contributed by atoms with Gasteiger partial charge in [-0.1, -0.05) is 25.4 Å². The normalized spacial score (nSPS) is 11.1. The highest BCUT2D eigenvalue weighted by Crippen LogP contribution is 2.14. The van der Waals surface area contributed by atoms with Crippen LogP contribution >= 0.6 is 11.6 Å². The van der Waals surface area contributed by atoms with Gasteiger partial charge in [-0.3, -0.25) is 4.79 Å². The molecule has 1 aromatic rings. The topological polar surface area (TPSA) is 59.4 Å². The third-order valence-electron chi connectivity index (χ3n) is 3.35. The van der Waals surface area contributed by atoms with Crippen LogP contribution in [0.4, 0.5) is 5.69 Å². The van der Waals surface area contributed by atoms with Gasteiger partial charge in [0.2, 0.25) is 0 Å². The average molecular weight is 317 g/mol. The molecule has 0 aliphatic heterocycles. The summed E-state index contributed by atoms with van der Waals surface area (Å²) in [4.78, 5) is 14.3. The van der Waals surface area contributed by atoms with Gasteiger partial charge >= 0.3 is 0 Å². The predicted molar refractivity (Wildman–Crippen MR) is 86.3 cm³/mol. The second kappa shape index (κ2) is 9.76. The van der Waals surface area contributed by atoms with Crippen LogP contribution in [0.15, 0.2) is 11.0 Å². The first-order valence-corrected chi connectivity index (χ1v) is 7.72. The summed E-state index contributed by atoms with van der Waals surface area (Å²) in [6.45, 7) is 9.02. The Kier molecular flexibility index (Phi) is 8.34. The summed E-state index contributed by atoms with van der Waals surface area (Å²) in [6, 6.07) is 0. The van der Waals surface area contributed by atoms with Gasteiger partial charge < -0.3 is 15.0 Å². The van der Waals surface area contributed by atoms with Crippen molar-refractivity contribution in [2.75, 3.05) is 45.2 Å². The van der Waals surface area contributed by atoms with E-state index in [0.717, 1.165) is 32.6 Å². The molecule has 0 atom stereocenters. The lowest BCUT2D eigenvalue weighted by Crippen LogP contribution is -2.27. The summed E-state index contributed by atoms with van der Waals surface area (Å²) in [6.07, 6.45) is 2.58. The van der Waals surface area contributed by atoms with Crippen LogP contribution in [0.25, 0.3) is 0 Å². The zero-order valence-corrected chi connectivity index (χ0v) is 13.8. The van der Waals surface area contributed by atoms with Gasteiger partial charge in [-0.2, -0.15) is 5.10 Å². The Morgan fingerprint density at radius 2 is 2.14 bits per heavy atom. The maximum absolute atomic E-state index is 12.0. The molecule has 1 rings (SSSR count). The van der Waals surface area contributed by atoms with E-state index in [-0.39, 0.29) is 10.6 Å². The quantitative estimate of drug-likeness (QED) is 0.666. The Labute approximate surface area is 131 Å². The van der Waals surface area contributed by atoms with Crippen molar-refractivity contribution in [2.45, 2.75) is 26.8 Å². The van der Waals surface area contributed by atoms with Crippen molar-refractivity contribution in [3.8, 4) is 0 Å². The number of halogens is 1. The first-order chi connectivity index (χ1) is 10.1. The fourth-order valence-corrected chi connectivity index (χ4v) is 2.20. The van der Waals surface area contributed by atoms with Crippen molar-refractivity contribution in [1.29, 1.82) is 0 Å². The van der Waals surface area contributed by atoms with Crippen molar-refractivity contribution in [3.05, 3.63) is 21.6 Å². The maximum Gasteiger partial charge on any atom is 0.287 e. The Morgan fingerprint density at radius 3 is 2.76 bits per heavy atom. The Morgan fingerprint density at radius 1 is 1.43 bits per heavy atom. The van der Waals surface area contributed by atoms with E-state index in [0.29, 0.717) is 18.8 Å². The lowest BCUT2D eigenvalue weighted by molar-refractivity contribution is 0.182. The molecule has 1 N–H and O–H groups in total. The van der Waals surface area contributed by atoms with Crippen LogP contribution < -0.4 is 10.9 Å². The van der Waals surface area contributed by atoms with Gasteiger partial charge in [0.15, 0.2) is 0 Å². The van der Waals surface area contributed by atoms with Crippen molar-refractivity contribution in [1.82, 2.24) is 14.7 Å². The van der Waals surface area contributed by atoms with Crippen LogP contribution in [0.5, 0.6) is 0 Å². The van der Waals surface area contributed by atoms with Gasteiger partial charge in [0.05, 0.1) is 25.0 Å². The van der Waals surface area contributed by atoms with E-state index in [1.807, 2.05) is 0 Å². The Hall–Kier alpha value is -1.11. The first kappa shape index (κ1) is 17.9. The zero-order valence-electron chi connectivity index (χ0n) is 13.1. The molecule has 0 unspecified atom stereocenters. The number of nitrogens with one attached hydrogen (secondary N) is 1. The van der Waals surface area contributed by atoms with Gasteiger partial charge in [0, 0.05) is 13.7 Å². The van der Waals surface area contributed by atoms with Crippen LogP contribution in [0.2, 0.25) is 5.02 Å². The monoisotopic (exact) mass is 316 g/mol. The molecule has 0 aliphatic rings. The van der Waals surface area contributed by atoms with Crippen LogP contribution in [0.1, 0.15) is 20.3 Å². The Bertz CT molecular complexity index is 475. The van der Waals surface area contributed by atoms with Gasteiger partial charge in [-0.05, 0) is 26.1 Å². The smallest absolute Gasteiger partial charge is 0.287 e. The van der Waals surface area contributed by atoms with Crippen LogP contribution in [0.3, 0.4) is 0 Å². The standard InChI is InChI=1S/C14H25ClN4O2/c1-4-18(5-2)8-6-7-16-12-11-17-19(9-10-21-3)14(20)13(12)15/h11,16H,4-10H2,1-3H3. The highest BCUT2D eigenvalue weighted by atomic mass is 35.5. The van der Waals surface area contributed by atoms with E-state index < -0.39 is 0 Å². The second-order valence-corrected chi connectivity index (χ2v) is 5.08. The van der Waals surface area contributed by atoms with Crippen LogP contribution in [0, 0.1) is 0 Å². The van der Waals surface area contributed by atoms with Crippen molar-refractivity contribution in [2.24, 2.45) is 0 Å². The molecule has 1 heterocycles. The summed E-state index contributed by atoms with van der Waals surface area (Å²) >= 11 is 6.09. The molecule has 0 aromatic carbocycles. The zero-order chi connectivity index (χ0) is 15.7. The average Bonchev–Trinajstić information content (AvgIpc) is 2.50. The molecule has 7 heteroatoms. The predicted octanol–water partition coefficient (Wildman–Crippen LogP) is 1.69. The molecule has 6 nitrogen and oxygen atoms in total. The molecule has 0 saturated carbocycles. The molecule has 0 amide bonds. The van der Waals surface area contributed by atoms with Gasteiger partial charge in [0.25, 0.3) is 5.56 Å². The lowest BCUT2D eigenvalue weighted by atomic mass is 10.3. The van der Waals surface area contributed by atoms with E-state index in [9.17, 15) is 4.79 Å². The third kappa shape index (κ3) is 5.65. The van der Waals surface area contributed by atoms with Gasteiger partial charge in [0.1, 0.15) is 5.02 Å². The lowest BCUT2D eigenvalue weighted by Gasteiger charge is -2.18. The van der Waals surface area contributed by atoms with Crippen LogP contribution in [-0.2, 0) is 11.3 Å². The molecule has 0 spiro atoms. The van der Waals surface area contributed by atoms with Gasteiger partial charge in [-0.15, -0.1) is 0 Å². The SMILES string of the molecule is CCN(CC)CCCNc1cnn(CCOC)c(=O)c1Cl.